The molecule has 0 spiro atoms. The van der Waals surface area contributed by atoms with Gasteiger partial charge in [0.2, 0.25) is 0 Å². The van der Waals surface area contributed by atoms with Gasteiger partial charge in [-0.1, -0.05) is 45.0 Å². The van der Waals surface area contributed by atoms with Crippen molar-refractivity contribution in [1.29, 1.82) is 0 Å². The van der Waals surface area contributed by atoms with Crippen molar-refractivity contribution >= 4 is 33.3 Å². The molecule has 0 atom stereocenters. The minimum absolute atomic E-state index is 0.185. The molecule has 0 bridgehead atoms. The van der Waals surface area contributed by atoms with E-state index in [1.54, 1.807) is 61.5 Å². The first-order valence-electron chi connectivity index (χ1n) is 11.0. The SMILES string of the molecule is Cc1ccc(C(C)(C)C)cc1S(=O)(=O)Nc1ccc(C(=O)NCc2ccc(NC(N)=O)cc2)cc1. The molecule has 0 radical (unpaired) electrons. The van der Waals surface area contributed by atoms with Gasteiger partial charge in [0, 0.05) is 23.5 Å². The predicted molar refractivity (Wildman–Crippen MR) is 138 cm³/mol. The lowest BCUT2D eigenvalue weighted by Crippen LogP contribution is -2.23. The van der Waals surface area contributed by atoms with Crippen LogP contribution in [0.15, 0.2) is 71.6 Å². The highest BCUT2D eigenvalue weighted by molar-refractivity contribution is 7.92. The fourth-order valence-corrected chi connectivity index (χ4v) is 4.72. The van der Waals surface area contributed by atoms with Crippen LogP contribution in [0.2, 0.25) is 0 Å². The quantitative estimate of drug-likeness (QED) is 0.385. The first-order chi connectivity index (χ1) is 16.3. The van der Waals surface area contributed by atoms with Gasteiger partial charge in [0.15, 0.2) is 0 Å². The number of anilines is 2. The minimum Gasteiger partial charge on any atom is -0.351 e. The molecule has 0 saturated carbocycles. The molecule has 0 aromatic heterocycles. The van der Waals surface area contributed by atoms with Gasteiger partial charge in [0.1, 0.15) is 0 Å². The molecule has 0 heterocycles. The Morgan fingerprint density at radius 3 is 2.06 bits per heavy atom. The fourth-order valence-electron chi connectivity index (χ4n) is 3.39. The molecule has 8 nitrogen and oxygen atoms in total. The van der Waals surface area contributed by atoms with Gasteiger partial charge in [0.05, 0.1) is 4.90 Å². The normalized spacial score (nSPS) is 11.5. The summed E-state index contributed by atoms with van der Waals surface area (Å²) in [6.45, 7) is 8.13. The third kappa shape index (κ3) is 6.83. The first-order valence-corrected chi connectivity index (χ1v) is 12.5. The molecule has 3 rings (SSSR count). The summed E-state index contributed by atoms with van der Waals surface area (Å²) >= 11 is 0. The molecule has 0 fully saturated rings. The largest absolute Gasteiger partial charge is 0.351 e. The van der Waals surface area contributed by atoms with Crippen LogP contribution in [0.1, 0.15) is 47.8 Å². The Balaban J connectivity index is 1.65. The fraction of sp³-hybridized carbons (Fsp3) is 0.231. The van der Waals surface area contributed by atoms with Crippen molar-refractivity contribution in [3.63, 3.8) is 0 Å². The Bertz CT molecular complexity index is 1330. The van der Waals surface area contributed by atoms with E-state index in [2.05, 4.69) is 15.4 Å². The number of carbonyl (C=O) groups is 2. The molecule has 184 valence electrons. The molecule has 9 heteroatoms. The second kappa shape index (κ2) is 10.2. The number of rotatable bonds is 7. The zero-order chi connectivity index (χ0) is 25.8. The van der Waals surface area contributed by atoms with Crippen molar-refractivity contribution in [2.45, 2.75) is 44.6 Å². The third-order valence-electron chi connectivity index (χ3n) is 5.42. The number of benzene rings is 3. The number of carbonyl (C=O) groups excluding carboxylic acids is 2. The number of urea groups is 1. The highest BCUT2D eigenvalue weighted by atomic mass is 32.2. The van der Waals surface area contributed by atoms with E-state index in [0.29, 0.717) is 22.5 Å². The van der Waals surface area contributed by atoms with Crippen molar-refractivity contribution in [2.24, 2.45) is 5.73 Å². The number of amides is 3. The van der Waals surface area contributed by atoms with Crippen molar-refractivity contribution in [1.82, 2.24) is 5.32 Å². The van der Waals surface area contributed by atoms with Gasteiger partial charge < -0.3 is 16.4 Å². The number of nitrogens with two attached hydrogens (primary N) is 1. The molecule has 35 heavy (non-hydrogen) atoms. The summed E-state index contributed by atoms with van der Waals surface area (Å²) in [4.78, 5) is 23.6. The molecular weight excluding hydrogens is 464 g/mol. The molecule has 0 saturated heterocycles. The highest BCUT2D eigenvalue weighted by Gasteiger charge is 2.21. The van der Waals surface area contributed by atoms with Crippen molar-refractivity contribution < 1.29 is 18.0 Å². The first kappa shape index (κ1) is 25.8. The summed E-state index contributed by atoms with van der Waals surface area (Å²) in [5.41, 5.74) is 8.63. The van der Waals surface area contributed by atoms with Crippen LogP contribution in [0.25, 0.3) is 0 Å². The summed E-state index contributed by atoms with van der Waals surface area (Å²) in [6.07, 6.45) is 0. The van der Waals surface area contributed by atoms with Crippen LogP contribution < -0.4 is 21.1 Å². The summed E-state index contributed by atoms with van der Waals surface area (Å²) in [6, 6.07) is 17.9. The molecule has 0 aliphatic heterocycles. The zero-order valence-corrected chi connectivity index (χ0v) is 21.0. The minimum atomic E-state index is -3.80. The lowest BCUT2D eigenvalue weighted by molar-refractivity contribution is 0.0951. The van der Waals surface area contributed by atoms with Gasteiger partial charge in [-0.25, -0.2) is 13.2 Å². The Morgan fingerprint density at radius 2 is 1.49 bits per heavy atom. The molecule has 5 N–H and O–H groups in total. The van der Waals surface area contributed by atoms with E-state index in [4.69, 9.17) is 5.73 Å². The third-order valence-corrected chi connectivity index (χ3v) is 6.94. The van der Waals surface area contributed by atoms with Crippen molar-refractivity contribution in [2.75, 3.05) is 10.0 Å². The van der Waals surface area contributed by atoms with Crippen molar-refractivity contribution in [3.8, 4) is 0 Å². The average Bonchev–Trinajstić information content (AvgIpc) is 2.77. The summed E-state index contributed by atoms with van der Waals surface area (Å²) in [7, 11) is -3.80. The Kier molecular flexibility index (Phi) is 7.50. The Hall–Kier alpha value is -3.85. The number of nitrogens with one attached hydrogen (secondary N) is 3. The second-order valence-electron chi connectivity index (χ2n) is 9.28. The van der Waals surface area contributed by atoms with Gasteiger partial charge in [-0.15, -0.1) is 0 Å². The van der Waals surface area contributed by atoms with Crippen LogP contribution in [-0.2, 0) is 22.0 Å². The maximum atomic E-state index is 13.0. The Morgan fingerprint density at radius 1 is 0.886 bits per heavy atom. The molecule has 3 amide bonds. The lowest BCUT2D eigenvalue weighted by atomic mass is 9.87. The van der Waals surface area contributed by atoms with Gasteiger partial charge in [-0.05, 0) is 71.5 Å². The topological polar surface area (TPSA) is 130 Å². The van der Waals surface area contributed by atoms with E-state index in [1.807, 2.05) is 32.9 Å². The monoisotopic (exact) mass is 494 g/mol. The maximum Gasteiger partial charge on any atom is 0.316 e. The molecule has 0 aliphatic rings. The van der Waals surface area contributed by atoms with Gasteiger partial charge in [0.25, 0.3) is 15.9 Å². The smallest absolute Gasteiger partial charge is 0.316 e. The lowest BCUT2D eigenvalue weighted by Gasteiger charge is -2.21. The molecular formula is C26H30N4O4S. The van der Waals surface area contributed by atoms with E-state index in [1.165, 1.54) is 0 Å². The van der Waals surface area contributed by atoms with Gasteiger partial charge in [-0.3, -0.25) is 9.52 Å². The van der Waals surface area contributed by atoms with Crippen LogP contribution in [0.5, 0.6) is 0 Å². The maximum absolute atomic E-state index is 13.0. The second-order valence-corrected chi connectivity index (χ2v) is 10.9. The zero-order valence-electron chi connectivity index (χ0n) is 20.2. The summed E-state index contributed by atoms with van der Waals surface area (Å²) in [5.74, 6) is -0.299. The van der Waals surface area contributed by atoms with Crippen LogP contribution >= 0.6 is 0 Å². The van der Waals surface area contributed by atoms with E-state index in [0.717, 1.165) is 11.1 Å². The van der Waals surface area contributed by atoms with E-state index < -0.39 is 16.1 Å². The molecule has 0 aliphatic carbocycles. The van der Waals surface area contributed by atoms with Crippen molar-refractivity contribution in [3.05, 3.63) is 89.0 Å². The standard InChI is InChI=1S/C26H30N4O4S/c1-17-5-10-20(26(2,3)4)15-23(17)35(33,34)30-22-13-8-19(9-14-22)24(31)28-16-18-6-11-21(12-7-18)29-25(27)32/h5-15,30H,16H2,1-4H3,(H,28,31)(H3,27,29,32). The summed E-state index contributed by atoms with van der Waals surface area (Å²) in [5, 5.41) is 5.28. The van der Waals surface area contributed by atoms with Gasteiger partial charge in [-0.2, -0.15) is 0 Å². The highest BCUT2D eigenvalue weighted by Crippen LogP contribution is 2.28. The Labute approximate surface area is 206 Å². The molecule has 0 unspecified atom stereocenters. The number of hydrogen-bond acceptors (Lipinski definition) is 4. The van der Waals surface area contributed by atoms with E-state index in [9.17, 15) is 18.0 Å². The van der Waals surface area contributed by atoms with E-state index >= 15 is 0 Å². The van der Waals surface area contributed by atoms with Crippen LogP contribution in [-0.4, -0.2) is 20.4 Å². The van der Waals surface area contributed by atoms with Crippen LogP contribution in [0, 0.1) is 6.92 Å². The number of primary amides is 1. The van der Waals surface area contributed by atoms with Crippen LogP contribution in [0.3, 0.4) is 0 Å². The molecule has 3 aromatic carbocycles. The summed E-state index contributed by atoms with van der Waals surface area (Å²) < 4.78 is 28.7. The average molecular weight is 495 g/mol. The van der Waals surface area contributed by atoms with Gasteiger partial charge >= 0.3 is 6.03 Å². The number of sulfonamides is 1. The predicted octanol–water partition coefficient (Wildman–Crippen LogP) is 4.51. The van der Waals surface area contributed by atoms with E-state index in [-0.39, 0.29) is 22.8 Å². The van der Waals surface area contributed by atoms with Crippen LogP contribution in [0.4, 0.5) is 16.2 Å². The number of hydrogen-bond donors (Lipinski definition) is 4. The number of aryl methyl sites for hydroxylation is 1. The molecule has 3 aromatic rings.